The van der Waals surface area contributed by atoms with Crippen molar-refractivity contribution in [2.75, 3.05) is 0 Å². The minimum atomic E-state index is -0.165. The molecule has 154 valence electrons. The van der Waals surface area contributed by atoms with E-state index in [0.717, 1.165) is 52.9 Å². The smallest absolute Gasteiger partial charge is 0.190 e. The number of para-hydroxylation sites is 1. The van der Waals surface area contributed by atoms with Crippen molar-refractivity contribution in [3.8, 4) is 0 Å². The van der Waals surface area contributed by atoms with Crippen LogP contribution in [0.15, 0.2) is 64.2 Å². The van der Waals surface area contributed by atoms with Crippen LogP contribution in [0.2, 0.25) is 0 Å². The summed E-state index contributed by atoms with van der Waals surface area (Å²) >= 11 is 0. The number of carbonyl (C=O) groups excluding carboxylic acids is 1. The average molecular weight is 402 g/mol. The standard InChI is InChI=1S/C25H26N2O3/c1-15(2)29-23-14-20(26-25(27-23)19-9-3-5-12-21(19)28)18-11-7-10-17-16-8-4-6-13-22(16)30-24(17)18/h5-7,10-15,20,26-27H,3-4,8-9H2,1-2H3. The van der Waals surface area contributed by atoms with Crippen molar-refractivity contribution in [2.24, 2.45) is 0 Å². The monoisotopic (exact) mass is 402 g/mol. The molecule has 0 fully saturated rings. The van der Waals surface area contributed by atoms with Crippen molar-refractivity contribution in [2.45, 2.75) is 51.7 Å². The van der Waals surface area contributed by atoms with Crippen LogP contribution in [-0.2, 0) is 16.0 Å². The third-order valence-corrected chi connectivity index (χ3v) is 5.70. The van der Waals surface area contributed by atoms with E-state index in [1.165, 1.54) is 5.56 Å². The molecule has 2 aromatic rings. The van der Waals surface area contributed by atoms with Gasteiger partial charge in [0.1, 0.15) is 17.2 Å². The first-order chi connectivity index (χ1) is 14.6. The summed E-state index contributed by atoms with van der Waals surface area (Å²) in [5.41, 5.74) is 3.97. The molecule has 0 radical (unpaired) electrons. The molecule has 1 aliphatic heterocycles. The normalized spacial score (nSPS) is 23.2. The number of rotatable bonds is 3. The number of benzene rings is 1. The molecule has 0 saturated heterocycles. The average Bonchev–Trinajstić information content (AvgIpc) is 3.12. The van der Waals surface area contributed by atoms with Crippen molar-refractivity contribution >= 4 is 22.8 Å². The van der Waals surface area contributed by atoms with Gasteiger partial charge < -0.3 is 19.8 Å². The second-order valence-electron chi connectivity index (χ2n) is 8.21. The van der Waals surface area contributed by atoms with E-state index in [2.05, 4.69) is 41.0 Å². The maximum absolute atomic E-state index is 12.5. The van der Waals surface area contributed by atoms with E-state index in [1.807, 2.05) is 26.0 Å². The van der Waals surface area contributed by atoms with E-state index in [0.29, 0.717) is 12.3 Å². The number of ether oxygens (including phenoxy) is 1. The molecule has 0 amide bonds. The maximum Gasteiger partial charge on any atom is 0.190 e. The second-order valence-corrected chi connectivity index (χ2v) is 8.21. The predicted octanol–water partition coefficient (Wildman–Crippen LogP) is 5.02. The Morgan fingerprint density at radius 3 is 2.80 bits per heavy atom. The maximum atomic E-state index is 12.5. The van der Waals surface area contributed by atoms with Gasteiger partial charge in [0.05, 0.1) is 12.1 Å². The number of hydrogen-bond acceptors (Lipinski definition) is 5. The molecule has 2 aliphatic carbocycles. The van der Waals surface area contributed by atoms with Crippen LogP contribution in [0.4, 0.5) is 0 Å². The number of nitrogens with one attached hydrogen (secondary N) is 2. The minimum absolute atomic E-state index is 0.0209. The third kappa shape index (κ3) is 3.34. The molecule has 0 spiro atoms. The van der Waals surface area contributed by atoms with E-state index < -0.39 is 0 Å². The van der Waals surface area contributed by atoms with E-state index in [1.54, 1.807) is 6.08 Å². The highest BCUT2D eigenvalue weighted by atomic mass is 16.5. The van der Waals surface area contributed by atoms with Crippen LogP contribution in [0.25, 0.3) is 17.0 Å². The Morgan fingerprint density at radius 1 is 1.13 bits per heavy atom. The van der Waals surface area contributed by atoms with Gasteiger partial charge in [-0.1, -0.05) is 30.4 Å². The highest BCUT2D eigenvalue weighted by molar-refractivity contribution is 6.05. The van der Waals surface area contributed by atoms with Gasteiger partial charge in [0.15, 0.2) is 11.7 Å². The van der Waals surface area contributed by atoms with Gasteiger partial charge in [0, 0.05) is 28.2 Å². The van der Waals surface area contributed by atoms with Crippen molar-refractivity contribution in [3.05, 3.63) is 76.7 Å². The minimum Gasteiger partial charge on any atom is -0.476 e. The van der Waals surface area contributed by atoms with Crippen LogP contribution < -0.4 is 10.6 Å². The molecule has 5 rings (SSSR count). The first-order valence-corrected chi connectivity index (χ1v) is 10.7. The zero-order chi connectivity index (χ0) is 20.7. The summed E-state index contributed by atoms with van der Waals surface area (Å²) in [4.78, 5) is 12.5. The van der Waals surface area contributed by atoms with Gasteiger partial charge in [0.25, 0.3) is 0 Å². The fraction of sp³-hybridized carbons (Fsp3) is 0.320. The molecule has 1 aromatic heterocycles. The van der Waals surface area contributed by atoms with Crippen LogP contribution in [0.5, 0.6) is 0 Å². The number of furan rings is 1. The number of hydrogen-bond donors (Lipinski definition) is 2. The Kier molecular flexibility index (Phi) is 4.74. The summed E-state index contributed by atoms with van der Waals surface area (Å²) in [5, 5.41) is 7.98. The van der Waals surface area contributed by atoms with Crippen LogP contribution in [0.1, 0.15) is 56.0 Å². The zero-order valence-electron chi connectivity index (χ0n) is 17.3. The quantitative estimate of drug-likeness (QED) is 0.706. The first-order valence-electron chi connectivity index (χ1n) is 10.7. The number of allylic oxidation sites excluding steroid dienone is 4. The molecule has 0 saturated carbocycles. The molecule has 2 N–H and O–H groups in total. The van der Waals surface area contributed by atoms with Crippen LogP contribution in [0, 0.1) is 0 Å². The zero-order valence-corrected chi connectivity index (χ0v) is 17.3. The molecule has 5 heteroatoms. The van der Waals surface area contributed by atoms with Crippen molar-refractivity contribution in [1.82, 2.24) is 10.6 Å². The topological polar surface area (TPSA) is 63.5 Å². The van der Waals surface area contributed by atoms with Crippen LogP contribution >= 0.6 is 0 Å². The van der Waals surface area contributed by atoms with Gasteiger partial charge in [0.2, 0.25) is 0 Å². The molecule has 1 aromatic carbocycles. The number of aryl methyl sites for hydroxylation is 1. The molecular weight excluding hydrogens is 376 g/mol. The molecule has 1 atom stereocenters. The molecule has 1 unspecified atom stereocenters. The lowest BCUT2D eigenvalue weighted by Crippen LogP contribution is -2.38. The van der Waals surface area contributed by atoms with E-state index in [4.69, 9.17) is 9.15 Å². The van der Waals surface area contributed by atoms with Crippen LogP contribution in [-0.4, -0.2) is 11.9 Å². The lowest BCUT2D eigenvalue weighted by Gasteiger charge is -2.30. The Hall–Kier alpha value is -3.21. The lowest BCUT2D eigenvalue weighted by molar-refractivity contribution is -0.111. The molecule has 3 aliphatic rings. The molecule has 5 nitrogen and oxygen atoms in total. The van der Waals surface area contributed by atoms with Crippen molar-refractivity contribution in [1.29, 1.82) is 0 Å². The number of ketones is 1. The summed E-state index contributed by atoms with van der Waals surface area (Å²) < 4.78 is 12.3. The van der Waals surface area contributed by atoms with E-state index in [-0.39, 0.29) is 17.9 Å². The summed E-state index contributed by atoms with van der Waals surface area (Å²) in [7, 11) is 0. The molecule has 0 bridgehead atoms. The van der Waals surface area contributed by atoms with E-state index >= 15 is 0 Å². The van der Waals surface area contributed by atoms with E-state index in [9.17, 15) is 4.79 Å². The number of carbonyl (C=O) groups is 1. The van der Waals surface area contributed by atoms with Gasteiger partial charge in [-0.05, 0) is 51.7 Å². The van der Waals surface area contributed by atoms with Crippen molar-refractivity contribution < 1.29 is 13.9 Å². The molecular formula is C25H26N2O3. The Balaban J connectivity index is 1.61. The Labute approximate surface area is 176 Å². The molecule has 2 heterocycles. The Morgan fingerprint density at radius 2 is 1.97 bits per heavy atom. The predicted molar refractivity (Wildman–Crippen MR) is 117 cm³/mol. The summed E-state index contributed by atoms with van der Waals surface area (Å²) in [6.45, 7) is 3.99. The van der Waals surface area contributed by atoms with Gasteiger partial charge in [-0.2, -0.15) is 0 Å². The van der Waals surface area contributed by atoms with Crippen molar-refractivity contribution in [3.63, 3.8) is 0 Å². The summed E-state index contributed by atoms with van der Waals surface area (Å²) in [5.74, 6) is 2.37. The van der Waals surface area contributed by atoms with Gasteiger partial charge >= 0.3 is 0 Å². The van der Waals surface area contributed by atoms with Gasteiger partial charge in [-0.3, -0.25) is 4.79 Å². The lowest BCUT2D eigenvalue weighted by atomic mass is 9.96. The SMILES string of the molecule is CC(C)OC1=CC(c2cccc3c4c(oc23)C=CCC4)NC(=C2CCC=CC2=O)N1. The van der Waals surface area contributed by atoms with Gasteiger partial charge in [-0.25, -0.2) is 0 Å². The molecule has 30 heavy (non-hydrogen) atoms. The van der Waals surface area contributed by atoms with Gasteiger partial charge in [-0.15, -0.1) is 0 Å². The first kappa shape index (κ1) is 18.8. The highest BCUT2D eigenvalue weighted by Gasteiger charge is 2.27. The van der Waals surface area contributed by atoms with Crippen LogP contribution in [0.3, 0.4) is 0 Å². The largest absolute Gasteiger partial charge is 0.476 e. The Bertz CT molecular complexity index is 1130. The second kappa shape index (κ2) is 7.56. The summed E-state index contributed by atoms with van der Waals surface area (Å²) in [6.07, 6.45) is 13.5. The fourth-order valence-electron chi connectivity index (χ4n) is 4.36. The fourth-order valence-corrected chi connectivity index (χ4v) is 4.36. The summed E-state index contributed by atoms with van der Waals surface area (Å²) in [6, 6.07) is 6.12. The number of fused-ring (bicyclic) bond motifs is 3. The third-order valence-electron chi connectivity index (χ3n) is 5.70. The highest BCUT2D eigenvalue weighted by Crippen LogP contribution is 2.36.